The number of methoxy groups -OCH3 is 1. The van der Waals surface area contributed by atoms with E-state index in [1.54, 1.807) is 37.7 Å². The molecule has 1 amide bonds. The van der Waals surface area contributed by atoms with Crippen LogP contribution < -0.4 is 24.4 Å². The second-order valence-electron chi connectivity index (χ2n) is 21.9. The number of sulfonamides is 1. The number of aromatic amines is 1. The first-order chi connectivity index (χ1) is 35.7. The lowest BCUT2D eigenvalue weighted by Gasteiger charge is -2.58. The van der Waals surface area contributed by atoms with Gasteiger partial charge in [-0.3, -0.25) is 24.7 Å². The largest absolute Gasteiger partial charge is 0.497 e. The summed E-state index contributed by atoms with van der Waals surface area (Å²) < 4.78 is 41.7. The number of piperazine rings is 1. The van der Waals surface area contributed by atoms with E-state index in [-0.39, 0.29) is 28.3 Å². The third-order valence-electron chi connectivity index (χ3n) is 16.7. The number of ether oxygens (including phenoxy) is 2. The van der Waals surface area contributed by atoms with E-state index in [9.17, 15) is 28.4 Å². The number of fused-ring (bicyclic) bond motifs is 1. The predicted molar refractivity (Wildman–Crippen MR) is 284 cm³/mol. The van der Waals surface area contributed by atoms with Crippen LogP contribution in [0.25, 0.3) is 11.0 Å². The van der Waals surface area contributed by atoms with Gasteiger partial charge in [-0.15, -0.1) is 0 Å². The maximum atomic E-state index is 14.1. The molecule has 16 nitrogen and oxygen atoms in total. The predicted octanol–water partition coefficient (Wildman–Crippen LogP) is 9.93. The van der Waals surface area contributed by atoms with Crippen molar-refractivity contribution >= 4 is 44.0 Å². The Kier molecular flexibility index (Phi) is 13.6. The van der Waals surface area contributed by atoms with Gasteiger partial charge >= 0.3 is 0 Å². The lowest BCUT2D eigenvalue weighted by atomic mass is 9.59. The molecule has 1 atom stereocenters. The molecule has 3 aliphatic carbocycles. The van der Waals surface area contributed by atoms with Gasteiger partial charge in [0.15, 0.2) is 0 Å². The van der Waals surface area contributed by atoms with E-state index in [4.69, 9.17) is 9.47 Å². The molecule has 4 aromatic carbocycles. The van der Waals surface area contributed by atoms with Gasteiger partial charge < -0.3 is 29.8 Å². The van der Waals surface area contributed by atoms with Crippen molar-refractivity contribution in [1.82, 2.24) is 24.5 Å². The zero-order valence-corrected chi connectivity index (χ0v) is 43.0. The van der Waals surface area contributed by atoms with Crippen LogP contribution in [0.3, 0.4) is 0 Å². The first kappa shape index (κ1) is 49.7. The topological polar surface area (TPSA) is 195 Å². The number of hydrogen-bond acceptors (Lipinski definition) is 13. The number of H-pyrrole nitrogens is 1. The van der Waals surface area contributed by atoms with Crippen molar-refractivity contribution in [3.05, 3.63) is 142 Å². The van der Waals surface area contributed by atoms with E-state index >= 15 is 0 Å². The zero-order chi connectivity index (χ0) is 51.2. The molecule has 2 aliphatic heterocycles. The van der Waals surface area contributed by atoms with Gasteiger partial charge in [-0.2, -0.15) is 0 Å². The fourth-order valence-electron chi connectivity index (χ4n) is 12.2. The summed E-state index contributed by atoms with van der Waals surface area (Å²) in [5.74, 6) is 1.31. The number of piperidine rings is 1. The maximum Gasteiger partial charge on any atom is 0.293 e. The molecule has 0 bridgehead atoms. The number of hydrogen-bond donors (Lipinski definition) is 4. The minimum atomic E-state index is -4.59. The summed E-state index contributed by atoms with van der Waals surface area (Å²) in [5.41, 5.74) is 5.09. The third kappa shape index (κ3) is 10.7. The molecule has 5 aliphatic rings. The van der Waals surface area contributed by atoms with Gasteiger partial charge in [0, 0.05) is 87.3 Å². The summed E-state index contributed by atoms with van der Waals surface area (Å²) in [6, 6.07) is 30.9. The smallest absolute Gasteiger partial charge is 0.293 e. The van der Waals surface area contributed by atoms with Gasteiger partial charge in [0.05, 0.1) is 34.3 Å². The molecule has 11 rings (SSSR count). The Morgan fingerprint density at radius 3 is 2.38 bits per heavy atom. The maximum absolute atomic E-state index is 14.1. The molecule has 4 heterocycles. The van der Waals surface area contributed by atoms with Crippen molar-refractivity contribution in [2.24, 2.45) is 11.3 Å². The summed E-state index contributed by atoms with van der Waals surface area (Å²) in [6.07, 6.45) is 13.0. The first-order valence-electron chi connectivity index (χ1n) is 26.2. The Bertz CT molecular complexity index is 3130. The molecule has 1 unspecified atom stereocenters. The summed E-state index contributed by atoms with van der Waals surface area (Å²) in [6.45, 7) is 7.84. The number of carbonyl (C=O) groups excluding carboxylic acids is 1. The highest BCUT2D eigenvalue weighted by molar-refractivity contribution is 7.90. The Hall–Kier alpha value is -6.53. The number of benzene rings is 4. The van der Waals surface area contributed by atoms with Crippen LogP contribution in [-0.2, 0) is 16.6 Å². The van der Waals surface area contributed by atoms with Crippen molar-refractivity contribution in [1.29, 1.82) is 0 Å². The molecule has 3 saturated carbocycles. The number of nitro benzene ring substituents is 1. The van der Waals surface area contributed by atoms with Crippen molar-refractivity contribution in [2.45, 2.75) is 106 Å². The number of anilines is 2. The second kappa shape index (κ2) is 20.3. The Labute approximate surface area is 432 Å². The van der Waals surface area contributed by atoms with E-state index in [1.807, 2.05) is 19.1 Å². The summed E-state index contributed by atoms with van der Waals surface area (Å²) in [7, 11) is -2.88. The molecule has 2 aromatic heterocycles. The van der Waals surface area contributed by atoms with Crippen molar-refractivity contribution in [3.8, 4) is 17.2 Å². The number of carbonyl (C=O) groups is 1. The van der Waals surface area contributed by atoms with Gasteiger partial charge in [0.1, 0.15) is 28.6 Å². The summed E-state index contributed by atoms with van der Waals surface area (Å²) >= 11 is 0. The monoisotopic (exact) mass is 1020 g/mol. The number of nitrogens with one attached hydrogen (secondary N) is 3. The lowest BCUT2D eigenvalue weighted by molar-refractivity contribution is -0.384. The number of amides is 1. The molecule has 4 N–H and O–H groups in total. The Balaban J connectivity index is 0.777. The van der Waals surface area contributed by atoms with Crippen LogP contribution in [0.2, 0.25) is 0 Å². The SMILES string of the molecule is COc1ccc(CN2CCN(C3CC4(CCN(c5ccc(C(=O)NS(=O)(=O)c6ccc(NCC7CCC(C)(O)CC7)c([N+](=O)[O-])c6)c(Oc6cnc7[nH]ccc7c6)c5)CC4)C3)C(c3ccccc3C3CC3)C2)cc1. The highest BCUT2D eigenvalue weighted by atomic mass is 32.2. The second-order valence-corrected chi connectivity index (χ2v) is 23.5. The fraction of sp³-hybridized carbons (Fsp3) is 0.439. The minimum Gasteiger partial charge on any atom is -0.497 e. The van der Waals surface area contributed by atoms with E-state index in [2.05, 4.69) is 83.2 Å². The van der Waals surface area contributed by atoms with Crippen LogP contribution in [0.1, 0.15) is 110 Å². The van der Waals surface area contributed by atoms with Crippen LogP contribution in [0.4, 0.5) is 17.1 Å². The number of pyridine rings is 1. The van der Waals surface area contributed by atoms with E-state index in [0.717, 1.165) is 101 Å². The van der Waals surface area contributed by atoms with E-state index < -0.39 is 37.0 Å². The Morgan fingerprint density at radius 2 is 1.65 bits per heavy atom. The van der Waals surface area contributed by atoms with Crippen LogP contribution in [0.15, 0.2) is 114 Å². The first-order valence-corrected chi connectivity index (χ1v) is 27.7. The highest BCUT2D eigenvalue weighted by Crippen LogP contribution is 2.54. The molecule has 5 fully saturated rings. The van der Waals surface area contributed by atoms with Gasteiger partial charge in [-0.25, -0.2) is 18.1 Å². The average molecular weight is 1020 g/mol. The van der Waals surface area contributed by atoms with Crippen molar-refractivity contribution < 1.29 is 32.7 Å². The quantitative estimate of drug-likeness (QED) is 0.0529. The lowest BCUT2D eigenvalue weighted by Crippen LogP contribution is -2.59. The van der Waals surface area contributed by atoms with Crippen LogP contribution in [0, 0.1) is 21.4 Å². The van der Waals surface area contributed by atoms with Crippen LogP contribution in [0.5, 0.6) is 17.2 Å². The Morgan fingerprint density at radius 1 is 0.892 bits per heavy atom. The number of nitrogens with zero attached hydrogens (tertiary/aromatic N) is 5. The minimum absolute atomic E-state index is 0.0250. The third-order valence-corrected chi connectivity index (χ3v) is 18.0. The molecule has 1 spiro atoms. The molecule has 388 valence electrons. The molecular formula is C57H66N8O8S. The van der Waals surface area contributed by atoms with E-state index in [1.165, 1.54) is 41.7 Å². The number of aromatic nitrogens is 2. The van der Waals surface area contributed by atoms with Gasteiger partial charge in [-0.05, 0) is 154 Å². The molecule has 17 heteroatoms. The highest BCUT2D eigenvalue weighted by Gasteiger charge is 2.50. The van der Waals surface area contributed by atoms with Crippen molar-refractivity contribution in [2.75, 3.05) is 56.6 Å². The normalized spacial score (nSPS) is 22.6. The molecule has 6 aromatic rings. The summed E-state index contributed by atoms with van der Waals surface area (Å²) in [4.78, 5) is 40.6. The number of nitro groups is 1. The molecule has 2 saturated heterocycles. The van der Waals surface area contributed by atoms with Crippen LogP contribution in [-0.4, -0.2) is 102 Å². The molecular weight excluding hydrogens is 957 g/mol. The average Bonchev–Trinajstić information content (AvgIpc) is 4.14. The van der Waals surface area contributed by atoms with Gasteiger partial charge in [-0.1, -0.05) is 36.4 Å². The molecule has 74 heavy (non-hydrogen) atoms. The number of rotatable bonds is 16. The summed E-state index contributed by atoms with van der Waals surface area (Å²) in [5, 5.41) is 26.5. The fourth-order valence-corrected chi connectivity index (χ4v) is 13.1. The standard InChI is InChI=1S/C57H66N8O8S/c1-56(67)20-17-38(18-21-56)34-59-50-16-14-46(31-51(50)65(68)69)74(70,71)61-55(66)49-15-11-42(30-53(49)73-45-29-41-19-24-58-54(41)60-35-45)63-25-22-57(23-26-63)32-43(33-57)64-28-27-62(36-39-7-12-44(72-2)13-8-39)37-52(64)48-6-4-3-5-47(48)40-9-10-40/h3-8,11-16,19,24,29-31,35,38,40,43,52,59,67H,9-10,17-18,20-23,25-28,32-34,36-37H2,1-2H3,(H,58,60)(H,61,66). The van der Waals surface area contributed by atoms with Gasteiger partial charge in [0.2, 0.25) is 0 Å². The molecule has 0 radical (unpaired) electrons. The van der Waals surface area contributed by atoms with Crippen LogP contribution >= 0.6 is 0 Å². The number of aliphatic hydroxyl groups is 1. The zero-order valence-electron chi connectivity index (χ0n) is 42.2. The van der Waals surface area contributed by atoms with E-state index in [0.29, 0.717) is 48.8 Å². The van der Waals surface area contributed by atoms with Crippen molar-refractivity contribution in [3.63, 3.8) is 0 Å². The van der Waals surface area contributed by atoms with Gasteiger partial charge in [0.25, 0.3) is 21.6 Å².